The van der Waals surface area contributed by atoms with E-state index in [9.17, 15) is 4.79 Å². The Kier molecular flexibility index (Phi) is 4.58. The zero-order valence-electron chi connectivity index (χ0n) is 13.9. The summed E-state index contributed by atoms with van der Waals surface area (Å²) in [5.74, 6) is -0.158. The van der Waals surface area contributed by atoms with Gasteiger partial charge in [0.15, 0.2) is 0 Å². The maximum Gasteiger partial charge on any atom is 0.255 e. The monoisotopic (exact) mass is 356 g/mol. The number of nitrogens with zero attached hydrogens (tertiary/aromatic N) is 1. The predicted octanol–water partition coefficient (Wildman–Crippen LogP) is 5.51. The molecule has 0 unspecified atom stereocenters. The van der Waals surface area contributed by atoms with Gasteiger partial charge in [0.1, 0.15) is 4.83 Å². The van der Waals surface area contributed by atoms with Crippen molar-refractivity contribution in [3.63, 3.8) is 0 Å². The van der Waals surface area contributed by atoms with Gasteiger partial charge in [0, 0.05) is 16.5 Å². The number of thiophene rings is 1. The number of anilines is 1. The third-order valence-electron chi connectivity index (χ3n) is 4.06. The van der Waals surface area contributed by atoms with Crippen molar-refractivity contribution < 1.29 is 4.79 Å². The molecule has 0 fully saturated rings. The van der Waals surface area contributed by atoms with Crippen LogP contribution in [0.4, 0.5) is 5.69 Å². The van der Waals surface area contributed by atoms with Gasteiger partial charge in [-0.3, -0.25) is 4.79 Å². The molecule has 1 amide bonds. The van der Waals surface area contributed by atoms with Crippen LogP contribution in [0.1, 0.15) is 0 Å². The molecule has 0 saturated carbocycles. The number of carbonyl (C=O) groups excluding carboxylic acids is 1. The van der Waals surface area contributed by atoms with Crippen molar-refractivity contribution in [2.45, 2.75) is 0 Å². The van der Waals surface area contributed by atoms with Gasteiger partial charge in [0.25, 0.3) is 5.91 Å². The van der Waals surface area contributed by atoms with Crippen molar-refractivity contribution in [3.8, 4) is 11.1 Å². The highest BCUT2D eigenvalue weighted by Gasteiger charge is 2.15. The molecule has 1 N–H and O–H groups in total. The number of benzene rings is 1. The summed E-state index contributed by atoms with van der Waals surface area (Å²) in [6.45, 7) is 0. The van der Waals surface area contributed by atoms with Gasteiger partial charge in [-0.1, -0.05) is 60.7 Å². The van der Waals surface area contributed by atoms with Crippen LogP contribution in [0.25, 0.3) is 21.3 Å². The first-order chi connectivity index (χ1) is 12.8. The lowest BCUT2D eigenvalue weighted by molar-refractivity contribution is -0.112. The number of nitrogens with one attached hydrogen (secondary N) is 1. The third-order valence-corrected chi connectivity index (χ3v) is 4.88. The van der Waals surface area contributed by atoms with E-state index >= 15 is 0 Å². The van der Waals surface area contributed by atoms with Crippen LogP contribution >= 0.6 is 11.3 Å². The summed E-state index contributed by atoms with van der Waals surface area (Å²) in [4.78, 5) is 18.2. The molecule has 3 nitrogen and oxygen atoms in total. The van der Waals surface area contributed by atoms with Gasteiger partial charge in [-0.2, -0.15) is 0 Å². The van der Waals surface area contributed by atoms with Crippen molar-refractivity contribution in [1.82, 2.24) is 4.98 Å². The van der Waals surface area contributed by atoms with E-state index in [1.807, 2.05) is 72.2 Å². The van der Waals surface area contributed by atoms with Gasteiger partial charge in [-0.15, -0.1) is 11.3 Å². The summed E-state index contributed by atoms with van der Waals surface area (Å²) in [5.41, 5.74) is 3.35. The quantitative estimate of drug-likeness (QED) is 0.672. The van der Waals surface area contributed by atoms with Crippen LogP contribution in [0.2, 0.25) is 0 Å². The molecule has 26 heavy (non-hydrogen) atoms. The molecule has 126 valence electrons. The molecule has 4 heteroatoms. The zero-order chi connectivity index (χ0) is 17.8. The maximum atomic E-state index is 12.8. The lowest BCUT2D eigenvalue weighted by atomic mass is 10.0. The lowest BCUT2D eigenvalue weighted by Crippen LogP contribution is -2.14. The molecule has 0 saturated heterocycles. The number of rotatable bonds is 3. The molecule has 0 atom stereocenters. The largest absolute Gasteiger partial charge is 0.320 e. The van der Waals surface area contributed by atoms with Crippen LogP contribution in [-0.4, -0.2) is 10.9 Å². The molecule has 2 heterocycles. The van der Waals surface area contributed by atoms with E-state index in [1.54, 1.807) is 29.7 Å². The Morgan fingerprint density at radius 1 is 0.962 bits per heavy atom. The van der Waals surface area contributed by atoms with Crippen molar-refractivity contribution in [2.75, 3.05) is 5.32 Å². The Balaban J connectivity index is 1.76. The van der Waals surface area contributed by atoms with Crippen molar-refractivity contribution in [2.24, 2.45) is 0 Å². The Hall–Kier alpha value is -3.24. The number of amides is 1. The van der Waals surface area contributed by atoms with Gasteiger partial charge in [-0.25, -0.2) is 4.98 Å². The smallest absolute Gasteiger partial charge is 0.255 e. The van der Waals surface area contributed by atoms with Crippen molar-refractivity contribution in [3.05, 3.63) is 96.1 Å². The molecule has 0 spiro atoms. The van der Waals surface area contributed by atoms with E-state index in [-0.39, 0.29) is 5.91 Å². The van der Waals surface area contributed by atoms with Crippen molar-refractivity contribution in [1.29, 1.82) is 0 Å². The SMILES string of the molecule is O=C(Nc1cnc2sccc2c1-c1ccccc1)C1=CC=CC=CC=C1. The number of pyridine rings is 1. The van der Waals surface area contributed by atoms with E-state index in [1.165, 1.54) is 0 Å². The van der Waals surface area contributed by atoms with Gasteiger partial charge in [-0.05, 0) is 29.2 Å². The zero-order valence-corrected chi connectivity index (χ0v) is 14.7. The molecule has 0 aliphatic heterocycles. The predicted molar refractivity (Wildman–Crippen MR) is 109 cm³/mol. The fraction of sp³-hybridized carbons (Fsp3) is 0. The average molecular weight is 356 g/mol. The van der Waals surface area contributed by atoms with Gasteiger partial charge >= 0.3 is 0 Å². The average Bonchev–Trinajstić information content (AvgIpc) is 3.10. The summed E-state index contributed by atoms with van der Waals surface area (Å²) in [6, 6.07) is 12.1. The minimum absolute atomic E-state index is 0.158. The second-order valence-corrected chi connectivity index (χ2v) is 6.65. The van der Waals surface area contributed by atoms with E-state index < -0.39 is 0 Å². The molecule has 1 aliphatic carbocycles. The van der Waals surface area contributed by atoms with Crippen LogP contribution in [0.3, 0.4) is 0 Å². The summed E-state index contributed by atoms with van der Waals surface area (Å²) < 4.78 is 0. The number of allylic oxidation sites excluding steroid dienone is 6. The number of aromatic nitrogens is 1. The number of hydrogen-bond acceptors (Lipinski definition) is 3. The normalized spacial score (nSPS) is 13.3. The lowest BCUT2D eigenvalue weighted by Gasteiger charge is -2.13. The third kappa shape index (κ3) is 3.27. The van der Waals surface area contributed by atoms with E-state index in [0.29, 0.717) is 11.3 Å². The maximum absolute atomic E-state index is 12.8. The fourth-order valence-corrected chi connectivity index (χ4v) is 3.59. The van der Waals surface area contributed by atoms with E-state index in [2.05, 4.69) is 10.3 Å². The summed E-state index contributed by atoms with van der Waals surface area (Å²) in [5, 5.41) is 6.10. The molecule has 0 bridgehead atoms. The topological polar surface area (TPSA) is 42.0 Å². The first kappa shape index (κ1) is 16.2. The second-order valence-electron chi connectivity index (χ2n) is 5.76. The Labute approximate surface area is 155 Å². The Morgan fingerprint density at radius 2 is 1.77 bits per heavy atom. The van der Waals surface area contributed by atoms with Crippen LogP contribution in [0.5, 0.6) is 0 Å². The van der Waals surface area contributed by atoms with Gasteiger partial charge in [0.2, 0.25) is 0 Å². The van der Waals surface area contributed by atoms with E-state index in [4.69, 9.17) is 0 Å². The molecule has 2 aromatic heterocycles. The van der Waals surface area contributed by atoms with Crippen LogP contribution in [0.15, 0.2) is 96.1 Å². The van der Waals surface area contributed by atoms with Crippen LogP contribution in [0, 0.1) is 0 Å². The van der Waals surface area contributed by atoms with E-state index in [0.717, 1.165) is 21.3 Å². The van der Waals surface area contributed by atoms with Gasteiger partial charge in [0.05, 0.1) is 11.9 Å². The molecular weight excluding hydrogens is 340 g/mol. The molecule has 3 aromatic rings. The Morgan fingerprint density at radius 3 is 2.65 bits per heavy atom. The standard InChI is InChI=1S/C22H16N2OS/c25-21(17-11-5-2-1-3-6-12-17)24-19-15-23-22-18(13-14-26-22)20(19)16-9-7-4-8-10-16/h1-15H,(H,24,25). The van der Waals surface area contributed by atoms with Gasteiger partial charge < -0.3 is 5.32 Å². The number of hydrogen-bond donors (Lipinski definition) is 1. The highest BCUT2D eigenvalue weighted by Crippen LogP contribution is 2.36. The highest BCUT2D eigenvalue weighted by atomic mass is 32.1. The van der Waals surface area contributed by atoms with Crippen LogP contribution < -0.4 is 5.32 Å². The van der Waals surface area contributed by atoms with Crippen molar-refractivity contribution >= 4 is 33.1 Å². The molecule has 1 aromatic carbocycles. The summed E-state index contributed by atoms with van der Waals surface area (Å²) in [7, 11) is 0. The molecule has 0 radical (unpaired) electrons. The summed E-state index contributed by atoms with van der Waals surface area (Å²) in [6.07, 6.45) is 14.8. The minimum Gasteiger partial charge on any atom is -0.320 e. The fourth-order valence-electron chi connectivity index (χ4n) is 2.85. The second kappa shape index (κ2) is 7.33. The number of fused-ring (bicyclic) bond motifs is 1. The molecule has 4 rings (SSSR count). The highest BCUT2D eigenvalue weighted by molar-refractivity contribution is 7.16. The van der Waals surface area contributed by atoms with Crippen LogP contribution in [-0.2, 0) is 4.79 Å². The number of carbonyl (C=O) groups is 1. The first-order valence-corrected chi connectivity index (χ1v) is 9.15. The summed E-state index contributed by atoms with van der Waals surface area (Å²) >= 11 is 1.59. The molecule has 1 aliphatic rings. The molecular formula is C22H16N2OS. The minimum atomic E-state index is -0.158. The Bertz CT molecular complexity index is 1070. The first-order valence-electron chi connectivity index (χ1n) is 8.27.